The summed E-state index contributed by atoms with van der Waals surface area (Å²) in [5.41, 5.74) is 1.27. The number of pyridine rings is 1. The molecular weight excluding hydrogens is 493 g/mol. The molecule has 1 saturated carbocycles. The summed E-state index contributed by atoms with van der Waals surface area (Å²) in [6.45, 7) is 5.35. The predicted octanol–water partition coefficient (Wildman–Crippen LogP) is 2.85. The van der Waals surface area contributed by atoms with Crippen molar-refractivity contribution < 1.29 is 9.53 Å². The minimum Gasteiger partial charge on any atom is -0.382 e. The monoisotopic (exact) mass is 531 g/mol. The zero-order valence-corrected chi connectivity index (χ0v) is 21.0. The Morgan fingerprint density at radius 2 is 2.07 bits per heavy atom. The number of ether oxygens (including phenoxy) is 1. The second-order valence-electron chi connectivity index (χ2n) is 7.82. The van der Waals surface area contributed by atoms with Crippen LogP contribution in [0.15, 0.2) is 29.4 Å². The average Bonchev–Trinajstić information content (AvgIpc) is 3.22. The Bertz CT molecular complexity index is 636. The number of halogens is 1. The molecule has 1 aromatic heterocycles. The van der Waals surface area contributed by atoms with Crippen LogP contribution < -0.4 is 10.6 Å². The first kappa shape index (κ1) is 26.6. The van der Waals surface area contributed by atoms with Gasteiger partial charge in [0.15, 0.2) is 5.96 Å². The van der Waals surface area contributed by atoms with Crippen LogP contribution in [0.25, 0.3) is 0 Å². The standard InChI is InChI=1S/C22H37N5O2.HI/c1-4-29-16-13-22(11-6-7-12-22)18-26-21(23-2)25-17-20(28)27(3)15-10-19-9-5-8-14-24-19;/h5,8-9,14H,4,6-7,10-13,15-18H2,1-3H3,(H2,23,25,26);1H. The van der Waals surface area contributed by atoms with Crippen LogP contribution in [0, 0.1) is 5.41 Å². The summed E-state index contributed by atoms with van der Waals surface area (Å²) in [5, 5.41) is 6.59. The van der Waals surface area contributed by atoms with Gasteiger partial charge in [0, 0.05) is 58.7 Å². The summed E-state index contributed by atoms with van der Waals surface area (Å²) in [6.07, 6.45) is 8.59. The van der Waals surface area contributed by atoms with E-state index in [1.54, 1.807) is 18.1 Å². The van der Waals surface area contributed by atoms with Crippen LogP contribution in [-0.2, 0) is 16.0 Å². The van der Waals surface area contributed by atoms with Gasteiger partial charge in [0.2, 0.25) is 5.91 Å². The number of aromatic nitrogens is 1. The number of nitrogens with one attached hydrogen (secondary N) is 2. The molecule has 1 fully saturated rings. The van der Waals surface area contributed by atoms with Gasteiger partial charge in [0.25, 0.3) is 0 Å². The number of amides is 1. The molecule has 8 heteroatoms. The molecule has 0 spiro atoms. The van der Waals surface area contributed by atoms with E-state index >= 15 is 0 Å². The fraction of sp³-hybridized carbons (Fsp3) is 0.682. The molecule has 0 radical (unpaired) electrons. The lowest BCUT2D eigenvalue weighted by atomic mass is 9.83. The lowest BCUT2D eigenvalue weighted by Gasteiger charge is -2.30. The first-order chi connectivity index (χ1) is 14.1. The molecule has 1 aromatic rings. The van der Waals surface area contributed by atoms with Crippen LogP contribution in [-0.4, -0.2) is 68.7 Å². The fourth-order valence-electron chi connectivity index (χ4n) is 3.81. The van der Waals surface area contributed by atoms with E-state index in [1.165, 1.54) is 25.7 Å². The van der Waals surface area contributed by atoms with Crippen molar-refractivity contribution in [1.29, 1.82) is 0 Å². The maximum absolute atomic E-state index is 12.4. The highest BCUT2D eigenvalue weighted by atomic mass is 127. The summed E-state index contributed by atoms with van der Waals surface area (Å²) in [4.78, 5) is 22.7. The van der Waals surface area contributed by atoms with Crippen molar-refractivity contribution in [3.8, 4) is 0 Å². The number of rotatable bonds is 11. The molecule has 0 atom stereocenters. The smallest absolute Gasteiger partial charge is 0.241 e. The molecular formula is C22H38IN5O2. The number of guanidine groups is 1. The van der Waals surface area contributed by atoms with E-state index in [-0.39, 0.29) is 41.8 Å². The van der Waals surface area contributed by atoms with E-state index in [0.717, 1.165) is 38.3 Å². The normalized spacial score (nSPS) is 15.4. The third-order valence-electron chi connectivity index (χ3n) is 5.76. The van der Waals surface area contributed by atoms with E-state index in [0.29, 0.717) is 12.5 Å². The van der Waals surface area contributed by atoms with E-state index in [9.17, 15) is 4.79 Å². The SMILES string of the molecule is CCOCCC1(CNC(=NC)NCC(=O)N(C)CCc2ccccn2)CCCC1.I. The predicted molar refractivity (Wildman–Crippen MR) is 132 cm³/mol. The maximum Gasteiger partial charge on any atom is 0.241 e. The highest BCUT2D eigenvalue weighted by Gasteiger charge is 2.33. The van der Waals surface area contributed by atoms with Gasteiger partial charge in [-0.25, -0.2) is 0 Å². The van der Waals surface area contributed by atoms with Gasteiger partial charge in [0.05, 0.1) is 6.54 Å². The van der Waals surface area contributed by atoms with E-state index < -0.39 is 0 Å². The first-order valence-corrected chi connectivity index (χ1v) is 10.7. The Kier molecular flexibility index (Phi) is 12.9. The lowest BCUT2D eigenvalue weighted by Crippen LogP contribution is -2.47. The van der Waals surface area contributed by atoms with Crippen molar-refractivity contribution >= 4 is 35.8 Å². The Morgan fingerprint density at radius 3 is 2.70 bits per heavy atom. The molecule has 1 aliphatic carbocycles. The molecule has 1 heterocycles. The Balaban J connectivity index is 0.00000450. The van der Waals surface area contributed by atoms with Crippen molar-refractivity contribution in [2.75, 3.05) is 46.9 Å². The average molecular weight is 531 g/mol. The summed E-state index contributed by atoms with van der Waals surface area (Å²) < 4.78 is 5.59. The molecule has 0 aromatic carbocycles. The number of hydrogen-bond donors (Lipinski definition) is 2. The van der Waals surface area contributed by atoms with E-state index in [2.05, 4.69) is 20.6 Å². The van der Waals surface area contributed by atoms with Crippen LogP contribution in [0.1, 0.15) is 44.7 Å². The van der Waals surface area contributed by atoms with Crippen molar-refractivity contribution in [3.63, 3.8) is 0 Å². The Morgan fingerprint density at radius 1 is 1.30 bits per heavy atom. The largest absolute Gasteiger partial charge is 0.382 e. The van der Waals surface area contributed by atoms with Crippen molar-refractivity contribution in [2.45, 2.75) is 45.4 Å². The van der Waals surface area contributed by atoms with Gasteiger partial charge >= 0.3 is 0 Å². The molecule has 2 rings (SSSR count). The van der Waals surface area contributed by atoms with E-state index in [4.69, 9.17) is 4.74 Å². The zero-order valence-electron chi connectivity index (χ0n) is 18.7. The van der Waals surface area contributed by atoms with Crippen molar-refractivity contribution in [3.05, 3.63) is 30.1 Å². The number of nitrogens with zero attached hydrogens (tertiary/aromatic N) is 3. The van der Waals surface area contributed by atoms with Crippen LogP contribution in [0.2, 0.25) is 0 Å². The molecule has 0 bridgehead atoms. The fourth-order valence-corrected chi connectivity index (χ4v) is 3.81. The second kappa shape index (κ2) is 14.6. The van der Waals surface area contributed by atoms with Crippen LogP contribution in [0.3, 0.4) is 0 Å². The van der Waals surface area contributed by atoms with Gasteiger partial charge in [0.1, 0.15) is 0 Å². The number of carbonyl (C=O) groups is 1. The third kappa shape index (κ3) is 9.16. The Hall–Kier alpha value is -1.42. The van der Waals surface area contributed by atoms with Gasteiger partial charge < -0.3 is 20.3 Å². The highest BCUT2D eigenvalue weighted by Crippen LogP contribution is 2.40. The topological polar surface area (TPSA) is 78.8 Å². The summed E-state index contributed by atoms with van der Waals surface area (Å²) in [7, 11) is 3.57. The number of aliphatic imine (C=N–C) groups is 1. The minimum atomic E-state index is 0. The number of likely N-dealkylation sites (N-methyl/N-ethyl adjacent to an activating group) is 1. The van der Waals surface area contributed by atoms with Crippen LogP contribution in [0.5, 0.6) is 0 Å². The maximum atomic E-state index is 12.4. The summed E-state index contributed by atoms with van der Waals surface area (Å²) in [6, 6.07) is 5.84. The van der Waals surface area contributed by atoms with Crippen molar-refractivity contribution in [1.82, 2.24) is 20.5 Å². The number of hydrogen-bond acceptors (Lipinski definition) is 4. The summed E-state index contributed by atoms with van der Waals surface area (Å²) >= 11 is 0. The van der Waals surface area contributed by atoms with Crippen molar-refractivity contribution in [2.24, 2.45) is 10.4 Å². The van der Waals surface area contributed by atoms with Gasteiger partial charge in [-0.05, 0) is 43.7 Å². The highest BCUT2D eigenvalue weighted by molar-refractivity contribution is 14.0. The second-order valence-corrected chi connectivity index (χ2v) is 7.82. The quantitative estimate of drug-likeness (QED) is 0.199. The van der Waals surface area contributed by atoms with Gasteiger partial charge in [-0.15, -0.1) is 24.0 Å². The zero-order chi connectivity index (χ0) is 21.0. The molecule has 2 N–H and O–H groups in total. The van der Waals surface area contributed by atoms with Crippen LogP contribution in [0.4, 0.5) is 0 Å². The lowest BCUT2D eigenvalue weighted by molar-refractivity contribution is -0.128. The molecule has 7 nitrogen and oxygen atoms in total. The molecule has 1 aliphatic rings. The molecule has 30 heavy (non-hydrogen) atoms. The molecule has 170 valence electrons. The molecule has 0 aliphatic heterocycles. The minimum absolute atomic E-state index is 0. The van der Waals surface area contributed by atoms with Gasteiger partial charge in [-0.2, -0.15) is 0 Å². The number of carbonyl (C=O) groups excluding carboxylic acids is 1. The van der Waals surface area contributed by atoms with E-state index in [1.807, 2.05) is 32.2 Å². The van der Waals surface area contributed by atoms with Crippen LogP contribution >= 0.6 is 24.0 Å². The van der Waals surface area contributed by atoms with Gasteiger partial charge in [-0.3, -0.25) is 14.8 Å². The third-order valence-corrected chi connectivity index (χ3v) is 5.76. The molecule has 0 unspecified atom stereocenters. The van der Waals surface area contributed by atoms with Gasteiger partial charge in [-0.1, -0.05) is 18.9 Å². The first-order valence-electron chi connectivity index (χ1n) is 10.7. The molecule has 0 saturated heterocycles. The molecule has 1 amide bonds. The summed E-state index contributed by atoms with van der Waals surface area (Å²) in [5.74, 6) is 0.718. The Labute approximate surface area is 198 Å².